The third kappa shape index (κ3) is 3.23. The highest BCUT2D eigenvalue weighted by Gasteiger charge is 2.22. The number of nitrogens with zero attached hydrogens (tertiary/aromatic N) is 2. The Bertz CT molecular complexity index is 918. The van der Waals surface area contributed by atoms with Crippen LogP contribution in [0.4, 0.5) is 5.69 Å². The maximum absolute atomic E-state index is 12.3. The molecular formula is C15H10BrN3O3S2. The van der Waals surface area contributed by atoms with Crippen molar-refractivity contribution >= 4 is 56.4 Å². The van der Waals surface area contributed by atoms with Gasteiger partial charge in [-0.15, -0.1) is 16.4 Å². The van der Waals surface area contributed by atoms with E-state index in [1.165, 1.54) is 11.3 Å². The van der Waals surface area contributed by atoms with Gasteiger partial charge < -0.3 is 10.4 Å². The van der Waals surface area contributed by atoms with Gasteiger partial charge in [-0.2, -0.15) is 0 Å². The molecule has 0 fully saturated rings. The van der Waals surface area contributed by atoms with E-state index in [-0.39, 0.29) is 11.3 Å². The fourth-order valence-corrected chi connectivity index (χ4v) is 3.91. The number of carbonyl (C=O) groups is 2. The summed E-state index contributed by atoms with van der Waals surface area (Å²) in [5.41, 5.74) is 1.63. The molecule has 1 amide bonds. The summed E-state index contributed by atoms with van der Waals surface area (Å²) in [6.45, 7) is 1.68. The number of aromatic nitrogens is 2. The van der Waals surface area contributed by atoms with E-state index in [4.69, 9.17) is 0 Å². The maximum atomic E-state index is 12.3. The smallest absolute Gasteiger partial charge is 0.339 e. The number of rotatable bonds is 4. The van der Waals surface area contributed by atoms with Crippen LogP contribution in [0.3, 0.4) is 0 Å². The van der Waals surface area contributed by atoms with Crippen molar-refractivity contribution in [3.8, 4) is 10.4 Å². The number of amides is 1. The highest BCUT2D eigenvalue weighted by atomic mass is 79.9. The van der Waals surface area contributed by atoms with Crippen molar-refractivity contribution in [2.24, 2.45) is 0 Å². The minimum atomic E-state index is -1.09. The van der Waals surface area contributed by atoms with Crippen molar-refractivity contribution in [3.05, 3.63) is 50.3 Å². The molecule has 6 nitrogen and oxygen atoms in total. The van der Waals surface area contributed by atoms with E-state index in [9.17, 15) is 14.7 Å². The molecule has 0 spiro atoms. The predicted molar refractivity (Wildman–Crippen MR) is 97.0 cm³/mol. The van der Waals surface area contributed by atoms with Gasteiger partial charge in [0.05, 0.1) is 16.3 Å². The number of carbonyl (C=O) groups excluding carboxylic acids is 1. The lowest BCUT2D eigenvalue weighted by Crippen LogP contribution is -2.13. The van der Waals surface area contributed by atoms with Gasteiger partial charge in [-0.05, 0) is 36.2 Å². The second-order valence-corrected chi connectivity index (χ2v) is 7.36. The van der Waals surface area contributed by atoms with Crippen molar-refractivity contribution in [1.29, 1.82) is 0 Å². The first-order chi connectivity index (χ1) is 11.5. The Kier molecular flexibility index (Phi) is 4.74. The minimum Gasteiger partial charge on any atom is -0.478 e. The van der Waals surface area contributed by atoms with Crippen molar-refractivity contribution < 1.29 is 14.7 Å². The van der Waals surface area contributed by atoms with Crippen LogP contribution >= 0.6 is 38.8 Å². The SMILES string of the molecule is Cc1nnsc1C(=O)Nc1csc(-c2ccc(Br)cc2)c1C(=O)O. The zero-order chi connectivity index (χ0) is 17.3. The van der Waals surface area contributed by atoms with Gasteiger partial charge >= 0.3 is 5.97 Å². The Labute approximate surface area is 153 Å². The number of carboxylic acid groups (broad SMARTS) is 1. The number of carboxylic acids is 1. The first-order valence-corrected chi connectivity index (χ1v) is 9.13. The zero-order valence-electron chi connectivity index (χ0n) is 12.2. The van der Waals surface area contributed by atoms with Crippen LogP contribution in [0, 0.1) is 6.92 Å². The highest BCUT2D eigenvalue weighted by Crippen LogP contribution is 2.36. The number of hydrogen-bond acceptors (Lipinski definition) is 6. The molecule has 24 heavy (non-hydrogen) atoms. The van der Waals surface area contributed by atoms with Gasteiger partial charge in [0.25, 0.3) is 5.91 Å². The Balaban J connectivity index is 1.98. The maximum Gasteiger partial charge on any atom is 0.339 e. The summed E-state index contributed by atoms with van der Waals surface area (Å²) < 4.78 is 4.62. The van der Waals surface area contributed by atoms with Crippen molar-refractivity contribution in [2.75, 3.05) is 5.32 Å². The van der Waals surface area contributed by atoms with Gasteiger partial charge in [0.15, 0.2) is 0 Å². The monoisotopic (exact) mass is 423 g/mol. The molecule has 0 saturated heterocycles. The summed E-state index contributed by atoms with van der Waals surface area (Å²) >= 11 is 5.59. The number of benzene rings is 1. The Morgan fingerprint density at radius 2 is 1.96 bits per heavy atom. The van der Waals surface area contributed by atoms with Gasteiger partial charge in [0, 0.05) is 9.85 Å². The molecule has 9 heteroatoms. The van der Waals surface area contributed by atoms with Gasteiger partial charge in [-0.1, -0.05) is 32.6 Å². The fourth-order valence-electron chi connectivity index (χ4n) is 2.09. The van der Waals surface area contributed by atoms with Crippen molar-refractivity contribution in [1.82, 2.24) is 9.59 Å². The van der Waals surface area contributed by atoms with E-state index in [0.29, 0.717) is 15.4 Å². The van der Waals surface area contributed by atoms with Crippen LogP contribution in [0.5, 0.6) is 0 Å². The van der Waals surface area contributed by atoms with Gasteiger partial charge in [-0.3, -0.25) is 4.79 Å². The van der Waals surface area contributed by atoms with Crippen LogP contribution in [0.2, 0.25) is 0 Å². The van der Waals surface area contributed by atoms with Crippen LogP contribution in [0.15, 0.2) is 34.1 Å². The number of aromatic carboxylic acids is 1. The second-order valence-electron chi connectivity index (χ2n) is 4.81. The predicted octanol–water partition coefficient (Wildman–Crippen LogP) is 4.29. The van der Waals surface area contributed by atoms with Crippen LogP contribution in [0.25, 0.3) is 10.4 Å². The van der Waals surface area contributed by atoms with E-state index >= 15 is 0 Å². The molecule has 3 aromatic rings. The molecule has 0 bridgehead atoms. The molecule has 0 saturated carbocycles. The topological polar surface area (TPSA) is 92.2 Å². The van der Waals surface area contributed by atoms with E-state index in [2.05, 4.69) is 30.8 Å². The Hall–Kier alpha value is -2.10. The van der Waals surface area contributed by atoms with Crippen molar-refractivity contribution in [3.63, 3.8) is 0 Å². The van der Waals surface area contributed by atoms with Gasteiger partial charge in [-0.25, -0.2) is 4.79 Å². The number of aryl methyl sites for hydroxylation is 1. The zero-order valence-corrected chi connectivity index (χ0v) is 15.5. The normalized spacial score (nSPS) is 10.6. The Morgan fingerprint density at radius 1 is 1.25 bits per heavy atom. The quantitative estimate of drug-likeness (QED) is 0.652. The molecule has 2 aromatic heterocycles. The largest absolute Gasteiger partial charge is 0.478 e. The Morgan fingerprint density at radius 3 is 2.54 bits per heavy atom. The molecule has 0 atom stereocenters. The lowest BCUT2D eigenvalue weighted by atomic mass is 10.1. The number of anilines is 1. The highest BCUT2D eigenvalue weighted by molar-refractivity contribution is 9.10. The molecule has 0 aliphatic heterocycles. The summed E-state index contributed by atoms with van der Waals surface area (Å²) in [6, 6.07) is 7.33. The fraction of sp³-hybridized carbons (Fsp3) is 0.0667. The van der Waals surface area contributed by atoms with Crippen LogP contribution in [0.1, 0.15) is 25.7 Å². The van der Waals surface area contributed by atoms with Gasteiger partial charge in [0.2, 0.25) is 0 Å². The first kappa shape index (κ1) is 16.7. The number of halogens is 1. The molecular weight excluding hydrogens is 414 g/mol. The summed E-state index contributed by atoms with van der Waals surface area (Å²) in [7, 11) is 0. The average molecular weight is 424 g/mol. The summed E-state index contributed by atoms with van der Waals surface area (Å²) in [5, 5.41) is 17.6. The van der Waals surface area contributed by atoms with Crippen LogP contribution in [-0.2, 0) is 0 Å². The second kappa shape index (κ2) is 6.80. The van der Waals surface area contributed by atoms with Gasteiger partial charge in [0.1, 0.15) is 10.4 Å². The van der Waals surface area contributed by atoms with Crippen molar-refractivity contribution in [2.45, 2.75) is 6.92 Å². The molecule has 0 aliphatic carbocycles. The molecule has 2 N–H and O–H groups in total. The molecule has 3 rings (SSSR count). The van der Waals surface area contributed by atoms with Crippen LogP contribution < -0.4 is 5.32 Å². The first-order valence-electron chi connectivity index (χ1n) is 6.68. The average Bonchev–Trinajstić information content (AvgIpc) is 3.14. The molecule has 2 heterocycles. The lowest BCUT2D eigenvalue weighted by Gasteiger charge is -2.05. The van der Waals surface area contributed by atoms with E-state index in [0.717, 1.165) is 21.6 Å². The molecule has 1 aromatic carbocycles. The molecule has 0 unspecified atom stereocenters. The standard InChI is InChI=1S/C15H10BrN3O3S2/c1-7-12(24-19-18-7)14(20)17-10-6-23-13(11(10)15(21)22)8-2-4-9(16)5-3-8/h2-6H,1H3,(H,17,20)(H,21,22). The third-order valence-electron chi connectivity index (χ3n) is 3.22. The number of nitrogens with one attached hydrogen (secondary N) is 1. The molecule has 0 aliphatic rings. The summed E-state index contributed by atoms with van der Waals surface area (Å²) in [4.78, 5) is 24.9. The number of hydrogen-bond donors (Lipinski definition) is 2. The third-order valence-corrected chi connectivity index (χ3v) is 5.60. The number of thiophene rings is 1. The molecule has 122 valence electrons. The molecule has 0 radical (unpaired) electrons. The van der Waals surface area contributed by atoms with E-state index in [1.54, 1.807) is 12.3 Å². The van der Waals surface area contributed by atoms with E-state index < -0.39 is 11.9 Å². The lowest BCUT2D eigenvalue weighted by molar-refractivity contribution is 0.0699. The van der Waals surface area contributed by atoms with E-state index in [1.807, 2.05) is 24.3 Å². The van der Waals surface area contributed by atoms with Crippen LogP contribution in [-0.4, -0.2) is 26.6 Å². The minimum absolute atomic E-state index is 0.0748. The summed E-state index contributed by atoms with van der Waals surface area (Å²) in [5.74, 6) is -1.51. The summed E-state index contributed by atoms with van der Waals surface area (Å²) in [6.07, 6.45) is 0.